The van der Waals surface area contributed by atoms with Crippen LogP contribution in [0, 0.1) is 0 Å². The molecule has 0 radical (unpaired) electrons. The van der Waals surface area contributed by atoms with Crippen LogP contribution in [-0.4, -0.2) is 34.5 Å². The Labute approximate surface area is 182 Å². The molecule has 1 N–H and O–H groups in total. The summed E-state index contributed by atoms with van der Waals surface area (Å²) in [5.74, 6) is 1.61. The molecule has 160 valence electrons. The minimum Gasteiger partial charge on any atom is -0.507 e. The number of hydrogen-bond donors (Lipinski definition) is 1. The molecule has 1 saturated heterocycles. The number of likely N-dealkylation sites (tertiary alicyclic amines) is 1. The van der Waals surface area contributed by atoms with E-state index in [9.17, 15) is 9.90 Å². The van der Waals surface area contributed by atoms with E-state index in [1.165, 1.54) is 6.42 Å². The maximum Gasteiger partial charge on any atom is 0.231 e. The molecule has 0 unspecified atom stereocenters. The van der Waals surface area contributed by atoms with E-state index in [1.54, 1.807) is 18.2 Å². The summed E-state index contributed by atoms with van der Waals surface area (Å²) in [5, 5.41) is 10.6. The number of hydrogen-bond acceptors (Lipinski definition) is 5. The van der Waals surface area contributed by atoms with Crippen molar-refractivity contribution in [1.82, 2.24) is 4.90 Å². The van der Waals surface area contributed by atoms with Gasteiger partial charge in [0.1, 0.15) is 23.4 Å². The molecule has 5 nitrogen and oxygen atoms in total. The van der Waals surface area contributed by atoms with Crippen molar-refractivity contribution in [1.29, 1.82) is 0 Å². The van der Waals surface area contributed by atoms with Gasteiger partial charge in [-0.2, -0.15) is 0 Å². The molecule has 5 heteroatoms. The molecule has 3 aliphatic heterocycles. The fourth-order valence-corrected chi connectivity index (χ4v) is 4.62. The lowest BCUT2D eigenvalue weighted by molar-refractivity contribution is 0.101. The number of para-hydroxylation sites is 1. The number of ketones is 1. The number of benzene rings is 2. The molecule has 2 aromatic carbocycles. The van der Waals surface area contributed by atoms with Crippen molar-refractivity contribution >= 4 is 11.9 Å². The summed E-state index contributed by atoms with van der Waals surface area (Å²) in [7, 11) is 0. The highest BCUT2D eigenvalue weighted by atomic mass is 16.5. The van der Waals surface area contributed by atoms with E-state index in [-0.39, 0.29) is 23.4 Å². The number of Topliss-reactive ketones (excluding diaryl/α,β-unsaturated/α-hetero) is 1. The number of rotatable bonds is 3. The average molecular weight is 418 g/mol. The molecule has 2 atom stereocenters. The smallest absolute Gasteiger partial charge is 0.231 e. The zero-order valence-corrected chi connectivity index (χ0v) is 17.9. The lowest BCUT2D eigenvalue weighted by Crippen LogP contribution is -2.36. The Hall–Kier alpha value is -3.05. The van der Waals surface area contributed by atoms with E-state index >= 15 is 0 Å². The molecule has 0 aromatic heterocycles. The van der Waals surface area contributed by atoms with Crippen molar-refractivity contribution < 1.29 is 19.4 Å². The van der Waals surface area contributed by atoms with E-state index in [0.29, 0.717) is 29.5 Å². The quantitative estimate of drug-likeness (QED) is 0.705. The number of phenolic OH excluding ortho intramolecular Hbond substituents is 1. The molecule has 1 fully saturated rings. The standard InChI is InChI=1S/C26H27NO4/c1-16-7-5-6-12-27(16)15-21-22(28)11-10-20-25(29)24(31-26(20)21)14-19-13-18-8-3-4-9-23(18)30-17(19)2/h3-4,8-11,13-14,16-17,28H,5-7,12,15H2,1-2H3/b24-14-/t16-,17-/m1/s1. The fourth-order valence-electron chi connectivity index (χ4n) is 4.62. The summed E-state index contributed by atoms with van der Waals surface area (Å²) in [6.45, 7) is 5.74. The number of carbonyl (C=O) groups excluding carboxylic acids is 1. The highest BCUT2D eigenvalue weighted by molar-refractivity contribution is 6.13. The number of phenols is 1. The number of allylic oxidation sites excluding steroid dienone is 1. The number of fused-ring (bicyclic) bond motifs is 2. The van der Waals surface area contributed by atoms with Gasteiger partial charge in [-0.1, -0.05) is 24.6 Å². The first-order valence-corrected chi connectivity index (χ1v) is 11.0. The molecule has 5 rings (SSSR count). The average Bonchev–Trinajstić information content (AvgIpc) is 3.07. The lowest BCUT2D eigenvalue weighted by Gasteiger charge is -2.33. The van der Waals surface area contributed by atoms with E-state index < -0.39 is 0 Å². The molecular weight excluding hydrogens is 390 g/mol. The molecule has 0 aliphatic carbocycles. The lowest BCUT2D eigenvalue weighted by atomic mass is 9.99. The van der Waals surface area contributed by atoms with Crippen LogP contribution in [0.5, 0.6) is 17.2 Å². The van der Waals surface area contributed by atoms with E-state index in [2.05, 4.69) is 11.8 Å². The summed E-state index contributed by atoms with van der Waals surface area (Å²) in [4.78, 5) is 15.4. The van der Waals surface area contributed by atoms with Gasteiger partial charge in [-0.15, -0.1) is 0 Å². The van der Waals surface area contributed by atoms with Crippen LogP contribution < -0.4 is 9.47 Å². The van der Waals surface area contributed by atoms with Gasteiger partial charge in [0.25, 0.3) is 0 Å². The molecule has 31 heavy (non-hydrogen) atoms. The third-order valence-corrected chi connectivity index (χ3v) is 6.53. The van der Waals surface area contributed by atoms with Crippen molar-refractivity contribution in [2.75, 3.05) is 6.54 Å². The van der Waals surface area contributed by atoms with Gasteiger partial charge in [0.05, 0.1) is 11.1 Å². The van der Waals surface area contributed by atoms with Crippen molar-refractivity contribution in [2.45, 2.75) is 51.8 Å². The van der Waals surface area contributed by atoms with Crippen molar-refractivity contribution in [3.8, 4) is 17.2 Å². The van der Waals surface area contributed by atoms with Gasteiger partial charge in [-0.05, 0) is 69.2 Å². The second kappa shape index (κ2) is 7.89. The van der Waals surface area contributed by atoms with Gasteiger partial charge in [0.15, 0.2) is 5.76 Å². The van der Waals surface area contributed by atoms with Crippen LogP contribution in [0.25, 0.3) is 6.08 Å². The molecular formula is C26H27NO4. The Bertz CT molecular complexity index is 1100. The van der Waals surface area contributed by atoms with Crippen LogP contribution in [0.1, 0.15) is 54.6 Å². The predicted molar refractivity (Wildman–Crippen MR) is 119 cm³/mol. The number of carbonyl (C=O) groups is 1. The molecule has 2 aromatic rings. The predicted octanol–water partition coefficient (Wildman–Crippen LogP) is 5.09. The molecule has 0 bridgehead atoms. The summed E-state index contributed by atoms with van der Waals surface area (Å²) in [6.07, 6.45) is 7.14. The monoisotopic (exact) mass is 417 g/mol. The van der Waals surface area contributed by atoms with Crippen LogP contribution in [0.3, 0.4) is 0 Å². The van der Waals surface area contributed by atoms with Gasteiger partial charge in [-0.25, -0.2) is 0 Å². The number of aromatic hydroxyl groups is 1. The van der Waals surface area contributed by atoms with Crippen LogP contribution in [0.2, 0.25) is 0 Å². The third kappa shape index (κ3) is 3.63. The van der Waals surface area contributed by atoms with Crippen LogP contribution in [0.4, 0.5) is 0 Å². The van der Waals surface area contributed by atoms with Crippen molar-refractivity contribution in [3.63, 3.8) is 0 Å². The van der Waals surface area contributed by atoms with Gasteiger partial charge in [-0.3, -0.25) is 9.69 Å². The Morgan fingerprint density at radius 2 is 2.00 bits per heavy atom. The summed E-state index contributed by atoms with van der Waals surface area (Å²) in [5.41, 5.74) is 3.06. The number of ether oxygens (including phenoxy) is 2. The van der Waals surface area contributed by atoms with Gasteiger partial charge < -0.3 is 14.6 Å². The summed E-state index contributed by atoms with van der Waals surface area (Å²) < 4.78 is 12.1. The van der Waals surface area contributed by atoms with Gasteiger partial charge in [0, 0.05) is 18.2 Å². The van der Waals surface area contributed by atoms with Crippen LogP contribution in [0.15, 0.2) is 53.8 Å². The fraction of sp³-hybridized carbons (Fsp3) is 0.346. The topological polar surface area (TPSA) is 59.0 Å². The van der Waals surface area contributed by atoms with Gasteiger partial charge >= 0.3 is 0 Å². The summed E-state index contributed by atoms with van der Waals surface area (Å²) >= 11 is 0. The molecule has 0 spiro atoms. The van der Waals surface area contributed by atoms with E-state index in [1.807, 2.05) is 37.3 Å². The van der Waals surface area contributed by atoms with Crippen molar-refractivity contribution in [2.24, 2.45) is 0 Å². The maximum atomic E-state index is 13.1. The first-order chi connectivity index (χ1) is 15.0. The van der Waals surface area contributed by atoms with E-state index in [4.69, 9.17) is 9.47 Å². The molecule has 3 heterocycles. The minimum absolute atomic E-state index is 0.157. The van der Waals surface area contributed by atoms with E-state index in [0.717, 1.165) is 36.3 Å². The third-order valence-electron chi connectivity index (χ3n) is 6.53. The normalized spacial score (nSPS) is 24.3. The molecule has 0 amide bonds. The van der Waals surface area contributed by atoms with Crippen LogP contribution >= 0.6 is 0 Å². The Morgan fingerprint density at radius 3 is 2.84 bits per heavy atom. The SMILES string of the molecule is C[C@@H]1CCCCN1Cc1c(O)ccc2c1O/C(=C\C1=Cc3ccccc3O[C@@H]1C)C2=O. The zero-order valence-electron chi connectivity index (χ0n) is 17.9. The van der Waals surface area contributed by atoms with Crippen molar-refractivity contribution in [3.05, 3.63) is 70.5 Å². The summed E-state index contributed by atoms with van der Waals surface area (Å²) in [6, 6.07) is 11.5. The second-order valence-electron chi connectivity index (χ2n) is 8.64. The highest BCUT2D eigenvalue weighted by Gasteiger charge is 2.33. The maximum absolute atomic E-state index is 13.1. The Morgan fingerprint density at radius 1 is 1.16 bits per heavy atom. The first kappa shape index (κ1) is 19.9. The second-order valence-corrected chi connectivity index (χ2v) is 8.64. The Kier molecular flexibility index (Phi) is 5.06. The zero-order chi connectivity index (χ0) is 21.5. The van der Waals surface area contributed by atoms with Crippen LogP contribution in [-0.2, 0) is 6.54 Å². The van der Waals surface area contributed by atoms with Gasteiger partial charge in [0.2, 0.25) is 5.78 Å². The Balaban J connectivity index is 1.47. The molecule has 0 saturated carbocycles. The number of piperidine rings is 1. The minimum atomic E-state index is -0.190. The number of nitrogens with zero attached hydrogens (tertiary/aromatic N) is 1. The highest BCUT2D eigenvalue weighted by Crippen LogP contribution is 2.41. The first-order valence-electron chi connectivity index (χ1n) is 11.0. The molecule has 3 aliphatic rings. The largest absolute Gasteiger partial charge is 0.507 e.